The van der Waals surface area contributed by atoms with E-state index in [4.69, 9.17) is 4.74 Å². The Morgan fingerprint density at radius 3 is 2.29 bits per heavy atom. The van der Waals surface area contributed by atoms with E-state index in [0.717, 1.165) is 32.7 Å². The molecule has 0 saturated heterocycles. The van der Waals surface area contributed by atoms with Crippen molar-refractivity contribution in [1.29, 1.82) is 0 Å². The Kier molecular flexibility index (Phi) is 6.41. The van der Waals surface area contributed by atoms with Crippen LogP contribution in [0.2, 0.25) is 0 Å². The summed E-state index contributed by atoms with van der Waals surface area (Å²) in [6.07, 6.45) is 0. The van der Waals surface area contributed by atoms with Crippen LogP contribution in [-0.4, -0.2) is 49.9 Å². The number of hydrogen-bond donors (Lipinski definition) is 1. The van der Waals surface area contributed by atoms with Crippen molar-refractivity contribution in [2.75, 3.05) is 26.0 Å². The highest BCUT2D eigenvalue weighted by atomic mass is 32.2. The fraction of sp³-hybridized carbons (Fsp3) is 0.200. The number of hydrogen-bond acceptors (Lipinski definition) is 5. The highest BCUT2D eigenvalue weighted by molar-refractivity contribution is 7.89. The van der Waals surface area contributed by atoms with Gasteiger partial charge in [-0.05, 0) is 55.5 Å². The van der Waals surface area contributed by atoms with Gasteiger partial charge in [-0.25, -0.2) is 17.5 Å². The van der Waals surface area contributed by atoms with Gasteiger partial charge >= 0.3 is 5.97 Å². The molecule has 0 bridgehead atoms. The number of aromatic nitrogens is 1. The van der Waals surface area contributed by atoms with Gasteiger partial charge in [0.1, 0.15) is 0 Å². The van der Waals surface area contributed by atoms with Gasteiger partial charge in [-0.1, -0.05) is 18.2 Å². The third-order valence-corrected chi connectivity index (χ3v) is 7.40. The Hall–Kier alpha value is -3.69. The summed E-state index contributed by atoms with van der Waals surface area (Å²) in [5.41, 5.74) is 2.96. The highest BCUT2D eigenvalue weighted by Crippen LogP contribution is 2.31. The molecular formula is C25H25N3O5S. The molecule has 1 amide bonds. The van der Waals surface area contributed by atoms with Crippen molar-refractivity contribution >= 4 is 49.4 Å². The number of benzene rings is 3. The maximum atomic E-state index is 12.4. The average Bonchev–Trinajstić information content (AvgIpc) is 3.15. The van der Waals surface area contributed by atoms with Crippen LogP contribution in [0.15, 0.2) is 71.6 Å². The monoisotopic (exact) mass is 479 g/mol. The molecular weight excluding hydrogens is 454 g/mol. The van der Waals surface area contributed by atoms with Gasteiger partial charge in [0, 0.05) is 48.1 Å². The molecule has 0 saturated carbocycles. The second kappa shape index (κ2) is 9.28. The summed E-state index contributed by atoms with van der Waals surface area (Å²) in [7, 11) is -0.741. The fourth-order valence-electron chi connectivity index (χ4n) is 3.86. The van der Waals surface area contributed by atoms with Gasteiger partial charge in [0.15, 0.2) is 6.61 Å². The quantitative estimate of drug-likeness (QED) is 0.406. The summed E-state index contributed by atoms with van der Waals surface area (Å²) in [4.78, 5) is 24.7. The van der Waals surface area contributed by atoms with Crippen molar-refractivity contribution in [3.63, 3.8) is 0 Å². The molecule has 4 aromatic rings. The van der Waals surface area contributed by atoms with Crippen LogP contribution in [0.4, 0.5) is 5.69 Å². The molecule has 4 rings (SSSR count). The van der Waals surface area contributed by atoms with E-state index in [9.17, 15) is 18.0 Å². The number of nitrogens with zero attached hydrogens (tertiary/aromatic N) is 2. The molecule has 8 nitrogen and oxygen atoms in total. The fourth-order valence-corrected chi connectivity index (χ4v) is 4.76. The van der Waals surface area contributed by atoms with Gasteiger partial charge in [0.05, 0.1) is 10.5 Å². The van der Waals surface area contributed by atoms with Crippen LogP contribution in [0.5, 0.6) is 0 Å². The number of sulfonamides is 1. The van der Waals surface area contributed by atoms with Crippen LogP contribution in [0.1, 0.15) is 17.3 Å². The second-order valence-corrected chi connectivity index (χ2v) is 10.1. The van der Waals surface area contributed by atoms with Crippen molar-refractivity contribution in [2.24, 2.45) is 0 Å². The summed E-state index contributed by atoms with van der Waals surface area (Å²) in [6.45, 7) is 2.45. The molecule has 0 atom stereocenters. The predicted molar refractivity (Wildman–Crippen MR) is 131 cm³/mol. The topological polar surface area (TPSA) is 97.7 Å². The van der Waals surface area contributed by atoms with Crippen LogP contribution >= 0.6 is 0 Å². The van der Waals surface area contributed by atoms with E-state index in [0.29, 0.717) is 5.69 Å². The lowest BCUT2D eigenvalue weighted by Crippen LogP contribution is -2.22. The zero-order valence-electron chi connectivity index (χ0n) is 19.1. The van der Waals surface area contributed by atoms with Gasteiger partial charge in [0.25, 0.3) is 5.91 Å². The van der Waals surface area contributed by atoms with Gasteiger partial charge in [0.2, 0.25) is 10.0 Å². The Morgan fingerprint density at radius 2 is 1.62 bits per heavy atom. The molecule has 1 aromatic heterocycles. The molecule has 0 aliphatic rings. The van der Waals surface area contributed by atoms with Crippen molar-refractivity contribution in [3.8, 4) is 0 Å². The third-order valence-electron chi connectivity index (χ3n) is 5.58. The van der Waals surface area contributed by atoms with Crippen LogP contribution in [0, 0.1) is 0 Å². The number of rotatable bonds is 7. The molecule has 0 spiro atoms. The summed E-state index contributed by atoms with van der Waals surface area (Å²) in [5.74, 6) is -1.19. The standard InChI is InChI=1S/C25H25N3O5S/c1-4-28-22-8-6-5-7-20(22)21-15-18(11-14-23(21)28)26-24(29)16-33-25(30)17-9-12-19(13-10-17)34(31,32)27(2)3/h5-15H,4,16H2,1-3H3,(H,26,29). The highest BCUT2D eigenvalue weighted by Gasteiger charge is 2.18. The first-order valence-electron chi connectivity index (χ1n) is 10.7. The van der Waals surface area contributed by atoms with Gasteiger partial charge in [-0.3, -0.25) is 4.79 Å². The predicted octanol–water partition coefficient (Wildman–Crippen LogP) is 3.86. The van der Waals surface area contributed by atoms with Crippen molar-refractivity contribution < 1.29 is 22.7 Å². The molecule has 1 N–H and O–H groups in total. The average molecular weight is 480 g/mol. The molecule has 9 heteroatoms. The molecule has 0 fully saturated rings. The zero-order valence-corrected chi connectivity index (χ0v) is 19.9. The Labute approximate surface area is 197 Å². The van der Waals surface area contributed by atoms with Crippen molar-refractivity contribution in [3.05, 3.63) is 72.3 Å². The molecule has 0 unspecified atom stereocenters. The molecule has 1 heterocycles. The number of carbonyl (C=O) groups is 2. The van der Waals surface area contributed by atoms with Crippen LogP contribution in [0.25, 0.3) is 21.8 Å². The number of para-hydroxylation sites is 1. The van der Waals surface area contributed by atoms with E-state index in [-0.39, 0.29) is 10.5 Å². The maximum absolute atomic E-state index is 12.4. The van der Waals surface area contributed by atoms with Gasteiger partial charge < -0.3 is 14.6 Å². The number of nitrogens with one attached hydrogen (secondary N) is 1. The first-order chi connectivity index (χ1) is 16.2. The summed E-state index contributed by atoms with van der Waals surface area (Å²) in [6, 6.07) is 19.2. The molecule has 176 valence electrons. The Morgan fingerprint density at radius 1 is 0.941 bits per heavy atom. The lowest BCUT2D eigenvalue weighted by molar-refractivity contribution is -0.119. The number of anilines is 1. The van der Waals surface area contributed by atoms with Crippen molar-refractivity contribution in [2.45, 2.75) is 18.4 Å². The van der Waals surface area contributed by atoms with E-state index in [1.807, 2.05) is 36.4 Å². The number of fused-ring (bicyclic) bond motifs is 3. The van der Waals surface area contributed by atoms with Crippen LogP contribution in [0.3, 0.4) is 0 Å². The molecule has 0 aliphatic heterocycles. The van der Waals surface area contributed by atoms with Gasteiger partial charge in [-0.15, -0.1) is 0 Å². The summed E-state index contributed by atoms with van der Waals surface area (Å²) in [5, 5.41) is 4.89. The first-order valence-corrected chi connectivity index (χ1v) is 12.2. The van der Waals surface area contributed by atoms with E-state index < -0.39 is 28.5 Å². The molecule has 0 radical (unpaired) electrons. The van der Waals surface area contributed by atoms with Gasteiger partial charge in [-0.2, -0.15) is 0 Å². The van der Waals surface area contributed by atoms with E-state index >= 15 is 0 Å². The smallest absolute Gasteiger partial charge is 0.338 e. The van der Waals surface area contributed by atoms with Crippen LogP contribution < -0.4 is 5.32 Å². The van der Waals surface area contributed by atoms with Crippen molar-refractivity contribution in [1.82, 2.24) is 8.87 Å². The zero-order chi connectivity index (χ0) is 24.5. The lowest BCUT2D eigenvalue weighted by atomic mass is 10.1. The Bertz CT molecular complexity index is 1490. The second-order valence-electron chi connectivity index (χ2n) is 7.93. The summed E-state index contributed by atoms with van der Waals surface area (Å²) >= 11 is 0. The van der Waals surface area contributed by atoms with E-state index in [2.05, 4.69) is 22.9 Å². The number of esters is 1. The summed E-state index contributed by atoms with van der Waals surface area (Å²) < 4.78 is 32.7. The number of carbonyl (C=O) groups excluding carboxylic acids is 2. The largest absolute Gasteiger partial charge is 0.452 e. The molecule has 34 heavy (non-hydrogen) atoms. The maximum Gasteiger partial charge on any atom is 0.338 e. The minimum absolute atomic E-state index is 0.0617. The lowest BCUT2D eigenvalue weighted by Gasteiger charge is -2.11. The van der Waals surface area contributed by atoms with E-state index in [1.165, 1.54) is 38.4 Å². The minimum atomic E-state index is -3.59. The third kappa shape index (κ3) is 4.40. The SMILES string of the molecule is CCn1c2ccccc2c2cc(NC(=O)COC(=O)c3ccc(S(=O)(=O)N(C)C)cc3)ccc21. The molecule has 3 aromatic carbocycles. The number of amides is 1. The normalized spacial score (nSPS) is 11.8. The Balaban J connectivity index is 1.43. The minimum Gasteiger partial charge on any atom is -0.452 e. The van der Waals surface area contributed by atoms with E-state index in [1.54, 1.807) is 0 Å². The van der Waals surface area contributed by atoms with Crippen LogP contribution in [-0.2, 0) is 26.1 Å². The molecule has 0 aliphatic carbocycles. The number of ether oxygens (including phenoxy) is 1. The number of aryl methyl sites for hydroxylation is 1. The first kappa shape index (κ1) is 23.5.